The summed E-state index contributed by atoms with van der Waals surface area (Å²) >= 11 is 11.3. The molecule has 2 aromatic rings. The van der Waals surface area contributed by atoms with Gasteiger partial charge >= 0.3 is 0 Å². The average molecular weight is 356 g/mol. The monoisotopic (exact) mass is 355 g/mol. The van der Waals surface area contributed by atoms with Gasteiger partial charge in [-0.25, -0.2) is 0 Å². The summed E-state index contributed by atoms with van der Waals surface area (Å²) < 4.78 is 11.4. The van der Waals surface area contributed by atoms with E-state index in [-0.39, 0.29) is 23.9 Å². The Labute approximate surface area is 143 Å². The molecule has 0 spiro atoms. The zero-order valence-electron chi connectivity index (χ0n) is 12.2. The van der Waals surface area contributed by atoms with Gasteiger partial charge in [-0.15, -0.1) is 21.8 Å². The minimum atomic E-state index is -0.257. The first-order valence-corrected chi connectivity index (χ1v) is 8.13. The van der Waals surface area contributed by atoms with Gasteiger partial charge in [-0.05, 0) is 37.1 Å². The summed E-state index contributed by atoms with van der Waals surface area (Å²) in [5.74, 6) is 0.630. The smallest absolute Gasteiger partial charge is 0.247 e. The van der Waals surface area contributed by atoms with Crippen molar-refractivity contribution >= 4 is 29.1 Å². The van der Waals surface area contributed by atoms with Crippen molar-refractivity contribution in [2.24, 2.45) is 0 Å². The Kier molecular flexibility index (Phi) is 5.15. The summed E-state index contributed by atoms with van der Waals surface area (Å²) in [6.07, 6.45) is 1.20. The van der Waals surface area contributed by atoms with Gasteiger partial charge in [0.2, 0.25) is 17.7 Å². The predicted octanol–water partition coefficient (Wildman–Crippen LogP) is 2.97. The van der Waals surface area contributed by atoms with E-state index < -0.39 is 0 Å². The molecule has 8 heteroatoms. The number of nitrogens with one attached hydrogen (secondary N) is 1. The van der Waals surface area contributed by atoms with Crippen LogP contribution in [0.25, 0.3) is 11.5 Å². The quantitative estimate of drug-likeness (QED) is 0.853. The number of nitrogens with zero attached hydrogens (tertiary/aromatic N) is 2. The van der Waals surface area contributed by atoms with Crippen molar-refractivity contribution < 1.29 is 13.9 Å². The molecule has 0 unspecified atom stereocenters. The lowest BCUT2D eigenvalue weighted by Crippen LogP contribution is -2.41. The molecule has 0 aliphatic carbocycles. The van der Waals surface area contributed by atoms with Crippen LogP contribution in [-0.2, 0) is 9.53 Å². The minimum Gasteiger partial charge on any atom is -0.418 e. The summed E-state index contributed by atoms with van der Waals surface area (Å²) in [5.41, 5.74) is 0.802. The van der Waals surface area contributed by atoms with E-state index in [0.29, 0.717) is 29.8 Å². The zero-order valence-corrected chi connectivity index (χ0v) is 13.7. The molecular weight excluding hydrogens is 341 g/mol. The molecule has 3 rings (SSSR count). The van der Waals surface area contributed by atoms with Crippen molar-refractivity contribution in [3.63, 3.8) is 0 Å². The van der Waals surface area contributed by atoms with Crippen LogP contribution in [0.15, 0.2) is 28.7 Å². The van der Waals surface area contributed by atoms with Crippen molar-refractivity contribution in [1.29, 1.82) is 0 Å². The van der Waals surface area contributed by atoms with E-state index in [9.17, 15) is 4.79 Å². The summed E-state index contributed by atoms with van der Waals surface area (Å²) in [6.45, 7) is 0.395. The van der Waals surface area contributed by atoms with Crippen molar-refractivity contribution in [3.8, 4) is 11.5 Å². The molecule has 1 saturated heterocycles. The maximum absolute atomic E-state index is 11.3. The van der Waals surface area contributed by atoms with Crippen LogP contribution in [0.5, 0.6) is 0 Å². The van der Waals surface area contributed by atoms with Gasteiger partial charge in [0.05, 0.1) is 12.6 Å². The van der Waals surface area contributed by atoms with E-state index in [2.05, 4.69) is 15.5 Å². The van der Waals surface area contributed by atoms with Gasteiger partial charge in [-0.3, -0.25) is 4.79 Å². The third-order valence-corrected chi connectivity index (χ3v) is 4.06. The molecule has 1 N–H and O–H groups in total. The third kappa shape index (κ3) is 4.02. The van der Waals surface area contributed by atoms with Crippen LogP contribution in [0.3, 0.4) is 0 Å². The molecule has 2 atom stereocenters. The van der Waals surface area contributed by atoms with Gasteiger partial charge < -0.3 is 14.5 Å². The number of carbonyl (C=O) groups excluding carboxylic acids is 1. The third-order valence-electron chi connectivity index (χ3n) is 3.57. The topological polar surface area (TPSA) is 77.3 Å². The molecular formula is C15H15Cl2N3O3. The Morgan fingerprint density at radius 1 is 1.26 bits per heavy atom. The highest BCUT2D eigenvalue weighted by atomic mass is 35.5. The number of halogens is 2. The maximum atomic E-state index is 11.3. The number of rotatable bonds is 4. The van der Waals surface area contributed by atoms with Gasteiger partial charge in [-0.2, -0.15) is 0 Å². The molecule has 1 aromatic heterocycles. The number of carbonyl (C=O) groups is 1. The number of hydrogen-bond acceptors (Lipinski definition) is 5. The molecule has 122 valence electrons. The maximum Gasteiger partial charge on any atom is 0.247 e. The Bertz CT molecular complexity index is 667. The van der Waals surface area contributed by atoms with Crippen LogP contribution >= 0.6 is 23.2 Å². The fourth-order valence-corrected chi connectivity index (χ4v) is 2.60. The first-order valence-electron chi connectivity index (χ1n) is 7.22. The van der Waals surface area contributed by atoms with Crippen LogP contribution < -0.4 is 5.32 Å². The molecule has 0 bridgehead atoms. The average Bonchev–Trinajstić information content (AvgIpc) is 3.06. The second-order valence-corrected chi connectivity index (χ2v) is 5.95. The number of alkyl halides is 1. The SMILES string of the molecule is O=C(CCl)N[C@@H]1CC[C@@H](c2nnc(-c3ccc(Cl)cc3)o2)OC1. The molecule has 1 aromatic carbocycles. The van der Waals surface area contributed by atoms with E-state index >= 15 is 0 Å². The number of aromatic nitrogens is 2. The van der Waals surface area contributed by atoms with Crippen molar-refractivity contribution in [3.05, 3.63) is 35.2 Å². The van der Waals surface area contributed by atoms with Gasteiger partial charge in [0.15, 0.2) is 0 Å². The van der Waals surface area contributed by atoms with Crippen LogP contribution in [0.2, 0.25) is 5.02 Å². The number of hydrogen-bond donors (Lipinski definition) is 1. The fourth-order valence-electron chi connectivity index (χ4n) is 2.40. The standard InChI is InChI=1S/C15H15Cl2N3O3/c16-7-13(21)18-11-5-6-12(22-8-11)15-20-19-14(23-15)9-1-3-10(17)4-2-9/h1-4,11-12H,5-8H2,(H,18,21)/t11-,12+/m1/s1. The number of benzene rings is 1. The highest BCUT2D eigenvalue weighted by Crippen LogP contribution is 2.29. The normalized spacial score (nSPS) is 21.1. The summed E-state index contributed by atoms with van der Waals surface area (Å²) in [7, 11) is 0. The molecule has 2 heterocycles. The second kappa shape index (κ2) is 7.29. The Morgan fingerprint density at radius 3 is 2.70 bits per heavy atom. The molecule has 23 heavy (non-hydrogen) atoms. The molecule has 1 aliphatic heterocycles. The predicted molar refractivity (Wildman–Crippen MR) is 85.3 cm³/mol. The van der Waals surface area contributed by atoms with Crippen molar-refractivity contribution in [2.75, 3.05) is 12.5 Å². The molecule has 0 radical (unpaired) electrons. The first kappa shape index (κ1) is 16.2. The van der Waals surface area contributed by atoms with E-state index in [1.54, 1.807) is 12.1 Å². The van der Waals surface area contributed by atoms with Crippen molar-refractivity contribution in [1.82, 2.24) is 15.5 Å². The largest absolute Gasteiger partial charge is 0.418 e. The molecule has 1 fully saturated rings. The minimum absolute atomic E-state index is 0.0313. The van der Waals surface area contributed by atoms with Crippen LogP contribution in [0, 0.1) is 0 Å². The Balaban J connectivity index is 1.61. The van der Waals surface area contributed by atoms with E-state index in [1.807, 2.05) is 12.1 Å². The fraction of sp³-hybridized carbons (Fsp3) is 0.400. The molecule has 1 aliphatic rings. The number of amides is 1. The summed E-state index contributed by atoms with van der Waals surface area (Å²) in [5, 5.41) is 11.6. The second-order valence-electron chi connectivity index (χ2n) is 5.25. The lowest BCUT2D eigenvalue weighted by molar-refractivity contribution is -0.121. The molecule has 0 saturated carbocycles. The first-order chi connectivity index (χ1) is 11.2. The lowest BCUT2D eigenvalue weighted by Gasteiger charge is -2.27. The summed E-state index contributed by atoms with van der Waals surface area (Å²) in [4.78, 5) is 11.3. The van der Waals surface area contributed by atoms with E-state index in [1.165, 1.54) is 0 Å². The van der Waals surface area contributed by atoms with Gasteiger partial charge in [-0.1, -0.05) is 11.6 Å². The van der Waals surface area contributed by atoms with Gasteiger partial charge in [0.25, 0.3) is 0 Å². The highest BCUT2D eigenvalue weighted by Gasteiger charge is 2.27. The van der Waals surface area contributed by atoms with Crippen molar-refractivity contribution in [2.45, 2.75) is 25.0 Å². The van der Waals surface area contributed by atoms with E-state index in [4.69, 9.17) is 32.4 Å². The lowest BCUT2D eigenvalue weighted by atomic mass is 10.1. The van der Waals surface area contributed by atoms with Gasteiger partial charge in [0, 0.05) is 10.6 Å². The van der Waals surface area contributed by atoms with Crippen LogP contribution in [0.1, 0.15) is 24.8 Å². The zero-order chi connectivity index (χ0) is 16.2. The van der Waals surface area contributed by atoms with Crippen LogP contribution in [-0.4, -0.2) is 34.6 Å². The molecule has 6 nitrogen and oxygen atoms in total. The Hall–Kier alpha value is -1.63. The Morgan fingerprint density at radius 2 is 2.04 bits per heavy atom. The van der Waals surface area contributed by atoms with Crippen LogP contribution in [0.4, 0.5) is 0 Å². The molecule has 1 amide bonds. The van der Waals surface area contributed by atoms with Gasteiger partial charge in [0.1, 0.15) is 12.0 Å². The van der Waals surface area contributed by atoms with E-state index in [0.717, 1.165) is 12.0 Å². The highest BCUT2D eigenvalue weighted by molar-refractivity contribution is 6.30. The summed E-state index contributed by atoms with van der Waals surface area (Å²) in [6, 6.07) is 7.14. The number of ether oxygens (including phenoxy) is 1.